The van der Waals surface area contributed by atoms with Crippen molar-refractivity contribution < 1.29 is 4.74 Å². The molecular weight excluding hydrogens is 286 g/mol. The summed E-state index contributed by atoms with van der Waals surface area (Å²) >= 11 is 11.3. The second kappa shape index (κ2) is 5.28. The summed E-state index contributed by atoms with van der Waals surface area (Å²) < 4.78 is 7.74. The number of pyridine rings is 1. The molecule has 3 rings (SSSR count). The molecule has 8 heteroatoms. The molecule has 0 saturated carbocycles. The van der Waals surface area contributed by atoms with Crippen LogP contribution in [0.2, 0.25) is 5.02 Å². The third-order valence-corrected chi connectivity index (χ3v) is 3.37. The van der Waals surface area contributed by atoms with Gasteiger partial charge in [0.2, 0.25) is 4.77 Å². The maximum atomic E-state index is 5.99. The average Bonchev–Trinajstić information content (AvgIpc) is 2.82. The highest BCUT2D eigenvalue weighted by Crippen LogP contribution is 2.19. The minimum absolute atomic E-state index is 0.540. The van der Waals surface area contributed by atoms with Gasteiger partial charge in [0.05, 0.1) is 26.3 Å². The number of morpholine rings is 1. The third kappa shape index (κ3) is 2.49. The standard InChI is InChI=1S/C11H12ClN5OS/c12-8-1-2-13-9(7-8)10-14-15-11(19)17(10)16-3-5-18-6-4-16/h1-2,7H,3-6H2,(H,15,19). The van der Waals surface area contributed by atoms with Crippen LogP contribution < -0.4 is 5.01 Å². The molecule has 1 aliphatic heterocycles. The van der Waals surface area contributed by atoms with Crippen molar-refractivity contribution >= 4 is 23.8 Å². The molecule has 2 aromatic heterocycles. The van der Waals surface area contributed by atoms with Gasteiger partial charge in [0.15, 0.2) is 5.82 Å². The highest BCUT2D eigenvalue weighted by atomic mass is 35.5. The Morgan fingerprint density at radius 1 is 1.37 bits per heavy atom. The van der Waals surface area contributed by atoms with Crippen LogP contribution in [0.15, 0.2) is 18.3 Å². The smallest absolute Gasteiger partial charge is 0.214 e. The molecule has 0 spiro atoms. The molecule has 0 atom stereocenters. The van der Waals surface area contributed by atoms with Gasteiger partial charge in [0.25, 0.3) is 0 Å². The highest BCUT2D eigenvalue weighted by Gasteiger charge is 2.18. The quantitative estimate of drug-likeness (QED) is 0.854. The van der Waals surface area contributed by atoms with Crippen LogP contribution >= 0.6 is 23.8 Å². The van der Waals surface area contributed by atoms with Crippen LogP contribution in [-0.2, 0) is 4.74 Å². The van der Waals surface area contributed by atoms with Gasteiger partial charge in [-0.15, -0.1) is 0 Å². The van der Waals surface area contributed by atoms with Crippen LogP contribution in [-0.4, -0.2) is 46.2 Å². The van der Waals surface area contributed by atoms with E-state index in [0.717, 1.165) is 13.1 Å². The van der Waals surface area contributed by atoms with Gasteiger partial charge in [-0.1, -0.05) is 11.6 Å². The summed E-state index contributed by atoms with van der Waals surface area (Å²) in [5.41, 5.74) is 0.686. The maximum Gasteiger partial charge on any atom is 0.214 e. The first-order chi connectivity index (χ1) is 9.25. The highest BCUT2D eigenvalue weighted by molar-refractivity contribution is 7.71. The predicted octanol–water partition coefficient (Wildman–Crippen LogP) is 1.62. The first-order valence-corrected chi connectivity index (χ1v) is 6.66. The van der Waals surface area contributed by atoms with Gasteiger partial charge in [-0.05, 0) is 24.4 Å². The van der Waals surface area contributed by atoms with Crippen LogP contribution in [0.3, 0.4) is 0 Å². The van der Waals surface area contributed by atoms with Crippen molar-refractivity contribution in [3.8, 4) is 11.5 Å². The van der Waals surface area contributed by atoms with Gasteiger partial charge in [-0.25, -0.2) is 9.77 Å². The molecule has 6 nitrogen and oxygen atoms in total. The molecule has 19 heavy (non-hydrogen) atoms. The molecule has 0 unspecified atom stereocenters. The summed E-state index contributed by atoms with van der Waals surface area (Å²) in [6.07, 6.45) is 1.65. The van der Waals surface area contributed by atoms with E-state index in [-0.39, 0.29) is 0 Å². The maximum absolute atomic E-state index is 5.99. The van der Waals surface area contributed by atoms with Crippen LogP contribution in [0.25, 0.3) is 11.5 Å². The Hall–Kier alpha value is -1.44. The number of hydrogen-bond donors (Lipinski definition) is 1. The lowest BCUT2D eigenvalue weighted by Gasteiger charge is -2.29. The number of aromatic amines is 1. The van der Waals surface area contributed by atoms with Gasteiger partial charge in [-0.3, -0.25) is 4.98 Å². The van der Waals surface area contributed by atoms with Crippen molar-refractivity contribution in [3.63, 3.8) is 0 Å². The van der Waals surface area contributed by atoms with Crippen molar-refractivity contribution in [1.29, 1.82) is 0 Å². The fraction of sp³-hybridized carbons (Fsp3) is 0.364. The second-order valence-electron chi connectivity index (χ2n) is 4.09. The molecule has 3 heterocycles. The van der Waals surface area contributed by atoms with Gasteiger partial charge in [0, 0.05) is 11.2 Å². The zero-order valence-corrected chi connectivity index (χ0v) is 11.6. The van der Waals surface area contributed by atoms with E-state index in [9.17, 15) is 0 Å². The number of ether oxygens (including phenoxy) is 1. The number of halogens is 1. The van der Waals surface area contributed by atoms with Crippen LogP contribution in [0.4, 0.5) is 0 Å². The van der Waals surface area contributed by atoms with E-state index in [2.05, 4.69) is 20.2 Å². The van der Waals surface area contributed by atoms with Gasteiger partial charge < -0.3 is 9.75 Å². The fourth-order valence-corrected chi connectivity index (χ4v) is 2.41. The van der Waals surface area contributed by atoms with Gasteiger partial charge in [-0.2, -0.15) is 5.10 Å². The lowest BCUT2D eigenvalue weighted by molar-refractivity contribution is 0.111. The monoisotopic (exact) mass is 297 g/mol. The number of hydrogen-bond acceptors (Lipinski definition) is 5. The second-order valence-corrected chi connectivity index (χ2v) is 4.91. The SMILES string of the molecule is S=c1[nH]nc(-c2cc(Cl)ccn2)n1N1CCOCC1. The number of nitrogens with zero attached hydrogens (tertiary/aromatic N) is 4. The molecule has 0 amide bonds. The first-order valence-electron chi connectivity index (χ1n) is 5.88. The van der Waals surface area contributed by atoms with Crippen molar-refractivity contribution in [2.24, 2.45) is 0 Å². The molecule has 0 aliphatic carbocycles. The molecule has 1 saturated heterocycles. The Morgan fingerprint density at radius 3 is 2.89 bits per heavy atom. The summed E-state index contributed by atoms with van der Waals surface area (Å²) in [7, 11) is 0. The van der Waals surface area contributed by atoms with E-state index in [1.165, 1.54) is 0 Å². The Labute approximate surface area is 119 Å². The number of H-pyrrole nitrogens is 1. The van der Waals surface area contributed by atoms with E-state index in [0.29, 0.717) is 34.5 Å². The van der Waals surface area contributed by atoms with Crippen molar-refractivity contribution in [2.75, 3.05) is 31.3 Å². The van der Waals surface area contributed by atoms with Crippen LogP contribution in [0, 0.1) is 4.77 Å². The van der Waals surface area contributed by atoms with Crippen molar-refractivity contribution in [3.05, 3.63) is 28.1 Å². The topological polar surface area (TPSA) is 59.0 Å². The summed E-state index contributed by atoms with van der Waals surface area (Å²) in [5, 5.41) is 9.76. The molecule has 2 aromatic rings. The zero-order valence-electron chi connectivity index (χ0n) is 10.0. The third-order valence-electron chi connectivity index (χ3n) is 2.87. The van der Waals surface area contributed by atoms with E-state index in [4.69, 9.17) is 28.6 Å². The summed E-state index contributed by atoms with van der Waals surface area (Å²) in [6.45, 7) is 2.88. The number of nitrogens with one attached hydrogen (secondary N) is 1. The molecule has 0 bridgehead atoms. The summed E-state index contributed by atoms with van der Waals surface area (Å²) in [4.78, 5) is 4.29. The number of aromatic nitrogens is 4. The van der Waals surface area contributed by atoms with Crippen LogP contribution in [0.1, 0.15) is 0 Å². The Bertz CT molecular complexity index is 634. The van der Waals surface area contributed by atoms with Gasteiger partial charge >= 0.3 is 0 Å². The van der Waals surface area contributed by atoms with Crippen molar-refractivity contribution in [2.45, 2.75) is 0 Å². The molecule has 0 radical (unpaired) electrons. The summed E-state index contributed by atoms with van der Waals surface area (Å²) in [5.74, 6) is 0.661. The Morgan fingerprint density at radius 2 is 2.16 bits per heavy atom. The van der Waals surface area contributed by atoms with E-state index >= 15 is 0 Å². The molecular formula is C11H12ClN5OS. The number of rotatable bonds is 2. The fourth-order valence-electron chi connectivity index (χ4n) is 2.00. The largest absolute Gasteiger partial charge is 0.378 e. The van der Waals surface area contributed by atoms with E-state index < -0.39 is 0 Å². The van der Waals surface area contributed by atoms with E-state index in [1.54, 1.807) is 18.3 Å². The Kier molecular flexibility index (Phi) is 3.50. The van der Waals surface area contributed by atoms with Crippen molar-refractivity contribution in [1.82, 2.24) is 19.9 Å². The lowest BCUT2D eigenvalue weighted by Crippen LogP contribution is -2.44. The Balaban J connectivity index is 2.05. The minimum atomic E-state index is 0.540. The minimum Gasteiger partial charge on any atom is -0.378 e. The summed E-state index contributed by atoms with van der Waals surface area (Å²) in [6, 6.07) is 3.49. The normalized spacial score (nSPS) is 15.7. The first kappa shape index (κ1) is 12.6. The predicted molar refractivity (Wildman–Crippen MR) is 74.4 cm³/mol. The van der Waals surface area contributed by atoms with E-state index in [1.807, 2.05) is 4.68 Å². The molecule has 0 aromatic carbocycles. The molecule has 1 N–H and O–H groups in total. The zero-order chi connectivity index (χ0) is 13.2. The van der Waals surface area contributed by atoms with Gasteiger partial charge in [0.1, 0.15) is 5.69 Å². The average molecular weight is 298 g/mol. The molecule has 1 fully saturated rings. The molecule has 100 valence electrons. The molecule has 1 aliphatic rings. The lowest BCUT2D eigenvalue weighted by atomic mass is 10.3. The van der Waals surface area contributed by atoms with Crippen LogP contribution in [0.5, 0.6) is 0 Å².